The monoisotopic (exact) mass is 268 g/mol. The van der Waals surface area contributed by atoms with Gasteiger partial charge in [-0.3, -0.25) is 4.98 Å². The minimum atomic E-state index is 0.961. The lowest BCUT2D eigenvalue weighted by Crippen LogP contribution is -2.09. The Hall–Kier alpha value is -1.57. The molecule has 3 rings (SSSR count). The second kappa shape index (κ2) is 5.43. The van der Waals surface area contributed by atoms with Gasteiger partial charge in [-0.25, -0.2) is 0 Å². The largest absolute Gasteiger partial charge is 0.384 e. The minimum absolute atomic E-state index is 0.961. The summed E-state index contributed by atoms with van der Waals surface area (Å²) in [6.07, 6.45) is 6.08. The van der Waals surface area contributed by atoms with Crippen molar-refractivity contribution in [2.75, 3.05) is 11.9 Å². The standard InChI is InChI=1S/C18H24N2/c1-4-14-12(3)20-18-15-9-7-6-8-13(15)10-11-16(18)17(14)19-5-2/h10-11H,4-9H2,1-3H3,(H,19,20). The Kier molecular flexibility index (Phi) is 3.64. The molecule has 2 aromatic rings. The van der Waals surface area contributed by atoms with Crippen LogP contribution in [-0.4, -0.2) is 11.5 Å². The Morgan fingerprint density at radius 2 is 1.95 bits per heavy atom. The van der Waals surface area contributed by atoms with Crippen LogP contribution < -0.4 is 5.32 Å². The van der Waals surface area contributed by atoms with Crippen LogP contribution >= 0.6 is 0 Å². The molecule has 0 unspecified atom stereocenters. The highest BCUT2D eigenvalue weighted by Crippen LogP contribution is 2.34. The second-order valence-corrected chi connectivity index (χ2v) is 5.74. The molecule has 1 aliphatic rings. The Labute approximate surface area is 121 Å². The molecule has 0 bridgehead atoms. The Bertz CT molecular complexity index is 644. The van der Waals surface area contributed by atoms with Crippen LogP contribution in [-0.2, 0) is 19.3 Å². The molecule has 2 nitrogen and oxygen atoms in total. The van der Waals surface area contributed by atoms with Crippen molar-refractivity contribution >= 4 is 16.6 Å². The molecule has 20 heavy (non-hydrogen) atoms. The third kappa shape index (κ3) is 2.07. The number of rotatable bonds is 3. The first-order valence-corrected chi connectivity index (χ1v) is 7.94. The fourth-order valence-corrected chi connectivity index (χ4v) is 3.53. The fourth-order valence-electron chi connectivity index (χ4n) is 3.53. The maximum atomic E-state index is 4.96. The third-order valence-electron chi connectivity index (χ3n) is 4.50. The number of hydrogen-bond donors (Lipinski definition) is 1. The highest BCUT2D eigenvalue weighted by Gasteiger charge is 2.17. The van der Waals surface area contributed by atoms with Gasteiger partial charge in [0, 0.05) is 23.3 Å². The normalized spacial score (nSPS) is 14.3. The van der Waals surface area contributed by atoms with Gasteiger partial charge in [-0.15, -0.1) is 0 Å². The topological polar surface area (TPSA) is 24.9 Å². The number of nitrogens with zero attached hydrogens (tertiary/aromatic N) is 1. The molecule has 106 valence electrons. The summed E-state index contributed by atoms with van der Waals surface area (Å²) < 4.78 is 0. The minimum Gasteiger partial charge on any atom is -0.384 e. The molecule has 1 heterocycles. The molecule has 0 saturated carbocycles. The molecule has 1 aromatic carbocycles. The van der Waals surface area contributed by atoms with Crippen molar-refractivity contribution in [3.05, 3.63) is 34.5 Å². The predicted molar refractivity (Wildman–Crippen MR) is 86.7 cm³/mol. The first-order valence-electron chi connectivity index (χ1n) is 7.94. The lowest BCUT2D eigenvalue weighted by Gasteiger charge is -2.21. The predicted octanol–water partition coefficient (Wildman–Crippen LogP) is 4.42. The zero-order chi connectivity index (χ0) is 14.1. The Morgan fingerprint density at radius 1 is 1.15 bits per heavy atom. The van der Waals surface area contributed by atoms with E-state index in [1.54, 1.807) is 0 Å². The van der Waals surface area contributed by atoms with Gasteiger partial charge in [0.15, 0.2) is 0 Å². The van der Waals surface area contributed by atoms with Gasteiger partial charge in [-0.05, 0) is 62.6 Å². The maximum absolute atomic E-state index is 4.96. The summed E-state index contributed by atoms with van der Waals surface area (Å²) in [5.74, 6) is 0. The zero-order valence-electron chi connectivity index (χ0n) is 12.8. The number of pyridine rings is 1. The molecule has 1 aliphatic carbocycles. The van der Waals surface area contributed by atoms with Gasteiger partial charge in [-0.2, -0.15) is 0 Å². The number of hydrogen-bond acceptors (Lipinski definition) is 2. The van der Waals surface area contributed by atoms with Crippen molar-refractivity contribution in [1.82, 2.24) is 4.98 Å². The number of aromatic nitrogens is 1. The van der Waals surface area contributed by atoms with Gasteiger partial charge in [-0.1, -0.05) is 19.1 Å². The average molecular weight is 268 g/mol. The van der Waals surface area contributed by atoms with Gasteiger partial charge < -0.3 is 5.32 Å². The molecule has 0 aliphatic heterocycles. The Morgan fingerprint density at radius 3 is 2.70 bits per heavy atom. The first kappa shape index (κ1) is 13.4. The molecule has 0 spiro atoms. The molecule has 0 radical (unpaired) electrons. The van der Waals surface area contributed by atoms with Gasteiger partial charge in [0.2, 0.25) is 0 Å². The van der Waals surface area contributed by atoms with Crippen LogP contribution in [0.1, 0.15) is 49.1 Å². The summed E-state index contributed by atoms with van der Waals surface area (Å²) in [6, 6.07) is 4.61. The van der Waals surface area contributed by atoms with Crippen molar-refractivity contribution in [1.29, 1.82) is 0 Å². The van der Waals surface area contributed by atoms with E-state index in [1.165, 1.54) is 64.7 Å². The summed E-state index contributed by atoms with van der Waals surface area (Å²) in [6.45, 7) is 7.50. The van der Waals surface area contributed by atoms with Crippen molar-refractivity contribution < 1.29 is 0 Å². The average Bonchev–Trinajstić information content (AvgIpc) is 2.47. The van der Waals surface area contributed by atoms with E-state index in [0.717, 1.165) is 13.0 Å². The second-order valence-electron chi connectivity index (χ2n) is 5.74. The van der Waals surface area contributed by atoms with E-state index in [1.807, 2.05) is 0 Å². The van der Waals surface area contributed by atoms with E-state index in [2.05, 4.69) is 38.2 Å². The Balaban J connectivity index is 2.32. The van der Waals surface area contributed by atoms with Crippen molar-refractivity contribution in [3.63, 3.8) is 0 Å². The van der Waals surface area contributed by atoms with E-state index in [0.29, 0.717) is 0 Å². The highest BCUT2D eigenvalue weighted by atomic mass is 14.9. The summed E-state index contributed by atoms with van der Waals surface area (Å²) in [5.41, 5.74) is 8.13. The van der Waals surface area contributed by atoms with Crippen LogP contribution in [0.5, 0.6) is 0 Å². The number of fused-ring (bicyclic) bond motifs is 3. The third-order valence-corrected chi connectivity index (χ3v) is 4.50. The van der Waals surface area contributed by atoms with Gasteiger partial charge in [0.25, 0.3) is 0 Å². The van der Waals surface area contributed by atoms with E-state index in [-0.39, 0.29) is 0 Å². The lowest BCUT2D eigenvalue weighted by atomic mass is 9.88. The van der Waals surface area contributed by atoms with E-state index in [9.17, 15) is 0 Å². The zero-order valence-corrected chi connectivity index (χ0v) is 12.8. The summed E-state index contributed by atoms with van der Waals surface area (Å²) in [5, 5.41) is 4.89. The smallest absolute Gasteiger partial charge is 0.0760 e. The molecule has 0 amide bonds. The van der Waals surface area contributed by atoms with Crippen LogP contribution in [0.3, 0.4) is 0 Å². The van der Waals surface area contributed by atoms with Crippen LogP contribution in [0.25, 0.3) is 10.9 Å². The molecule has 0 atom stereocenters. The summed E-state index contributed by atoms with van der Waals surface area (Å²) in [4.78, 5) is 4.96. The fraction of sp³-hybridized carbons (Fsp3) is 0.500. The summed E-state index contributed by atoms with van der Waals surface area (Å²) >= 11 is 0. The highest BCUT2D eigenvalue weighted by molar-refractivity contribution is 5.96. The van der Waals surface area contributed by atoms with Crippen molar-refractivity contribution in [2.24, 2.45) is 0 Å². The number of benzene rings is 1. The molecule has 0 fully saturated rings. The maximum Gasteiger partial charge on any atom is 0.0760 e. The summed E-state index contributed by atoms with van der Waals surface area (Å²) in [7, 11) is 0. The van der Waals surface area contributed by atoms with Crippen LogP contribution in [0, 0.1) is 6.92 Å². The first-order chi connectivity index (χ1) is 9.76. The molecule has 1 aromatic heterocycles. The van der Waals surface area contributed by atoms with E-state index >= 15 is 0 Å². The van der Waals surface area contributed by atoms with Crippen LogP contribution in [0.4, 0.5) is 5.69 Å². The van der Waals surface area contributed by atoms with Crippen molar-refractivity contribution in [3.8, 4) is 0 Å². The van der Waals surface area contributed by atoms with Gasteiger partial charge in [0.05, 0.1) is 5.52 Å². The molecular weight excluding hydrogens is 244 g/mol. The van der Waals surface area contributed by atoms with Crippen LogP contribution in [0.15, 0.2) is 12.1 Å². The van der Waals surface area contributed by atoms with E-state index < -0.39 is 0 Å². The molecule has 0 saturated heterocycles. The van der Waals surface area contributed by atoms with Gasteiger partial charge >= 0.3 is 0 Å². The molecule has 2 heteroatoms. The lowest BCUT2D eigenvalue weighted by molar-refractivity contribution is 0.689. The molecule has 1 N–H and O–H groups in total. The van der Waals surface area contributed by atoms with Gasteiger partial charge in [0.1, 0.15) is 0 Å². The number of aryl methyl sites for hydroxylation is 3. The molecular formula is C18H24N2. The number of anilines is 1. The SMILES string of the molecule is CCNc1c(CC)c(C)nc2c3c(ccc12)CCCC3. The van der Waals surface area contributed by atoms with Crippen molar-refractivity contribution in [2.45, 2.75) is 52.9 Å². The number of nitrogens with one attached hydrogen (secondary N) is 1. The van der Waals surface area contributed by atoms with Crippen LogP contribution in [0.2, 0.25) is 0 Å². The quantitative estimate of drug-likeness (QED) is 0.891. The van der Waals surface area contributed by atoms with E-state index in [4.69, 9.17) is 4.98 Å².